The maximum atomic E-state index is 13.5. The van der Waals surface area contributed by atoms with Gasteiger partial charge in [0.1, 0.15) is 5.69 Å². The highest BCUT2D eigenvalue weighted by Crippen LogP contribution is 2.27. The molecule has 0 aliphatic carbocycles. The van der Waals surface area contributed by atoms with E-state index < -0.39 is 52.5 Å². The molecule has 1 heterocycles. The molecule has 10 heteroatoms. The first-order valence-corrected chi connectivity index (χ1v) is 7.05. The van der Waals surface area contributed by atoms with Crippen LogP contribution in [0.5, 0.6) is 0 Å². The van der Waals surface area contributed by atoms with E-state index in [1.807, 2.05) is 0 Å². The van der Waals surface area contributed by atoms with Gasteiger partial charge in [0.05, 0.1) is 12.5 Å². The Morgan fingerprint density at radius 3 is 2.12 bits per heavy atom. The number of anilines is 1. The molecule has 0 bridgehead atoms. The number of piperidine rings is 1. The molecule has 1 aliphatic heterocycles. The molecule has 1 aromatic carbocycles. The van der Waals surface area contributed by atoms with Crippen molar-refractivity contribution in [1.82, 2.24) is 4.90 Å². The van der Waals surface area contributed by atoms with E-state index >= 15 is 0 Å². The lowest BCUT2D eigenvalue weighted by molar-refractivity contribution is -0.125. The van der Waals surface area contributed by atoms with Gasteiger partial charge in [-0.25, -0.2) is 22.0 Å². The second kappa shape index (κ2) is 7.12. The number of amides is 2. The molecule has 0 aromatic heterocycles. The molecule has 0 spiro atoms. The van der Waals surface area contributed by atoms with Crippen molar-refractivity contribution in [2.75, 3.05) is 25.0 Å². The highest BCUT2D eigenvalue weighted by Gasteiger charge is 2.28. The number of halogens is 5. The predicted molar refractivity (Wildman–Crippen MR) is 73.2 cm³/mol. The Bertz CT molecular complexity index is 654. The molecular formula is C14H14F5N3O2. The summed E-state index contributed by atoms with van der Waals surface area (Å²) in [5.41, 5.74) is 3.78. The molecule has 0 radical (unpaired) electrons. The van der Waals surface area contributed by atoms with Crippen molar-refractivity contribution in [3.8, 4) is 0 Å². The van der Waals surface area contributed by atoms with E-state index in [4.69, 9.17) is 5.73 Å². The van der Waals surface area contributed by atoms with Crippen molar-refractivity contribution in [3.63, 3.8) is 0 Å². The molecule has 1 fully saturated rings. The third kappa shape index (κ3) is 3.64. The lowest BCUT2D eigenvalue weighted by Gasteiger charge is -2.30. The van der Waals surface area contributed by atoms with Crippen LogP contribution in [-0.4, -0.2) is 36.3 Å². The van der Waals surface area contributed by atoms with Gasteiger partial charge in [-0.2, -0.15) is 0 Å². The van der Waals surface area contributed by atoms with Gasteiger partial charge in [-0.15, -0.1) is 0 Å². The first kappa shape index (κ1) is 18.1. The number of hydrogen-bond acceptors (Lipinski definition) is 3. The van der Waals surface area contributed by atoms with Gasteiger partial charge in [-0.1, -0.05) is 0 Å². The Labute approximate surface area is 133 Å². The smallest absolute Gasteiger partial charge is 0.238 e. The molecule has 2 rings (SSSR count). The number of nitrogens with two attached hydrogens (primary N) is 1. The third-order valence-corrected chi connectivity index (χ3v) is 3.75. The average molecular weight is 351 g/mol. The van der Waals surface area contributed by atoms with Crippen LogP contribution in [0.3, 0.4) is 0 Å². The van der Waals surface area contributed by atoms with Crippen molar-refractivity contribution in [2.45, 2.75) is 12.8 Å². The number of likely N-dealkylation sites (tertiary alicyclic amines) is 1. The van der Waals surface area contributed by atoms with Crippen LogP contribution in [0.25, 0.3) is 0 Å². The summed E-state index contributed by atoms with van der Waals surface area (Å²) in [7, 11) is 0. The van der Waals surface area contributed by atoms with E-state index in [9.17, 15) is 31.5 Å². The fraction of sp³-hybridized carbons (Fsp3) is 0.429. The van der Waals surface area contributed by atoms with Gasteiger partial charge in [0.2, 0.25) is 17.6 Å². The fourth-order valence-corrected chi connectivity index (χ4v) is 2.53. The minimum absolute atomic E-state index is 0.180. The molecule has 24 heavy (non-hydrogen) atoms. The highest BCUT2D eigenvalue weighted by molar-refractivity contribution is 5.92. The Morgan fingerprint density at radius 2 is 1.58 bits per heavy atom. The van der Waals surface area contributed by atoms with Gasteiger partial charge in [-0.3, -0.25) is 14.5 Å². The molecule has 1 atom stereocenters. The van der Waals surface area contributed by atoms with Crippen molar-refractivity contribution >= 4 is 17.5 Å². The Morgan fingerprint density at radius 1 is 1.04 bits per heavy atom. The van der Waals surface area contributed by atoms with Gasteiger partial charge in [0.25, 0.3) is 0 Å². The third-order valence-electron chi connectivity index (χ3n) is 3.75. The number of carbonyl (C=O) groups is 2. The topological polar surface area (TPSA) is 75.4 Å². The highest BCUT2D eigenvalue weighted by atomic mass is 19.2. The molecule has 1 aliphatic rings. The number of carbonyl (C=O) groups excluding carboxylic acids is 2. The Hall–Kier alpha value is -2.23. The monoisotopic (exact) mass is 351 g/mol. The number of benzene rings is 1. The minimum Gasteiger partial charge on any atom is -0.369 e. The van der Waals surface area contributed by atoms with Crippen LogP contribution in [0, 0.1) is 35.0 Å². The van der Waals surface area contributed by atoms with Crippen LogP contribution in [0.1, 0.15) is 12.8 Å². The predicted octanol–water partition coefficient (Wildman–Crippen LogP) is 1.52. The molecule has 0 saturated carbocycles. The molecule has 0 unspecified atom stereocenters. The zero-order chi connectivity index (χ0) is 18.0. The zero-order valence-corrected chi connectivity index (χ0v) is 12.3. The molecule has 2 amide bonds. The van der Waals surface area contributed by atoms with Crippen LogP contribution in [0.2, 0.25) is 0 Å². The summed E-state index contributed by atoms with van der Waals surface area (Å²) in [5, 5.41) is 1.69. The number of hydrogen-bond donors (Lipinski definition) is 2. The summed E-state index contributed by atoms with van der Waals surface area (Å²) in [5.74, 6) is -12.8. The quantitative estimate of drug-likeness (QED) is 0.491. The van der Waals surface area contributed by atoms with Crippen molar-refractivity contribution in [3.05, 3.63) is 29.1 Å². The number of nitrogens with zero attached hydrogens (tertiary/aromatic N) is 1. The van der Waals surface area contributed by atoms with Crippen LogP contribution in [-0.2, 0) is 9.59 Å². The fourth-order valence-electron chi connectivity index (χ4n) is 2.53. The largest absolute Gasteiger partial charge is 0.369 e. The summed E-state index contributed by atoms with van der Waals surface area (Å²) >= 11 is 0. The molecule has 1 saturated heterocycles. The second-order valence-electron chi connectivity index (χ2n) is 5.47. The van der Waals surface area contributed by atoms with E-state index in [1.165, 1.54) is 4.90 Å². The van der Waals surface area contributed by atoms with Crippen molar-refractivity contribution in [1.29, 1.82) is 0 Å². The standard InChI is InChI=1S/C14H14F5N3O2/c15-8-9(16)11(18)13(12(19)10(8)17)21-7(23)5-22-3-1-2-6(4-22)14(20)24/h6H,1-5H2,(H2,20,24)(H,21,23)/t6-/m1/s1. The van der Waals surface area contributed by atoms with Crippen LogP contribution >= 0.6 is 0 Å². The summed E-state index contributed by atoms with van der Waals surface area (Å²) in [4.78, 5) is 24.5. The van der Waals surface area contributed by atoms with E-state index in [1.54, 1.807) is 5.32 Å². The van der Waals surface area contributed by atoms with Gasteiger partial charge >= 0.3 is 0 Å². The van der Waals surface area contributed by atoms with Crippen molar-refractivity contribution < 1.29 is 31.5 Å². The van der Waals surface area contributed by atoms with Gasteiger partial charge in [-0.05, 0) is 19.4 Å². The Kier molecular flexibility index (Phi) is 5.37. The number of rotatable bonds is 4. The summed E-state index contributed by atoms with van der Waals surface area (Å²) in [6, 6.07) is 0. The van der Waals surface area contributed by atoms with Crippen LogP contribution in [0.15, 0.2) is 0 Å². The number of primary amides is 1. The molecule has 5 nitrogen and oxygen atoms in total. The first-order chi connectivity index (χ1) is 11.2. The van der Waals surface area contributed by atoms with Crippen LogP contribution < -0.4 is 11.1 Å². The molecular weight excluding hydrogens is 337 g/mol. The maximum Gasteiger partial charge on any atom is 0.238 e. The first-order valence-electron chi connectivity index (χ1n) is 7.05. The van der Waals surface area contributed by atoms with Crippen molar-refractivity contribution in [2.24, 2.45) is 11.7 Å². The second-order valence-corrected chi connectivity index (χ2v) is 5.47. The minimum atomic E-state index is -2.30. The molecule has 132 valence electrons. The molecule has 1 aromatic rings. The average Bonchev–Trinajstić information content (AvgIpc) is 2.55. The molecule has 3 N–H and O–H groups in total. The number of nitrogens with one attached hydrogen (secondary N) is 1. The SMILES string of the molecule is NC(=O)[C@@H]1CCCN(CC(=O)Nc2c(F)c(F)c(F)c(F)c2F)C1. The van der Waals surface area contributed by atoms with E-state index in [-0.39, 0.29) is 13.1 Å². The zero-order valence-electron chi connectivity index (χ0n) is 12.3. The Balaban J connectivity index is 2.09. The maximum absolute atomic E-state index is 13.5. The van der Waals surface area contributed by atoms with Gasteiger partial charge in [0.15, 0.2) is 23.3 Å². The lowest BCUT2D eigenvalue weighted by Crippen LogP contribution is -2.44. The summed E-state index contributed by atoms with van der Waals surface area (Å²) < 4.78 is 66.1. The van der Waals surface area contributed by atoms with E-state index in [0.29, 0.717) is 19.4 Å². The van der Waals surface area contributed by atoms with Gasteiger partial charge in [0, 0.05) is 6.54 Å². The normalized spacial score (nSPS) is 18.5. The lowest BCUT2D eigenvalue weighted by atomic mass is 9.97. The summed E-state index contributed by atoms with van der Waals surface area (Å²) in [6.45, 7) is 0.247. The van der Waals surface area contributed by atoms with Crippen LogP contribution in [0.4, 0.5) is 27.6 Å². The van der Waals surface area contributed by atoms with Gasteiger partial charge < -0.3 is 11.1 Å². The van der Waals surface area contributed by atoms with E-state index in [0.717, 1.165) is 0 Å². The van der Waals surface area contributed by atoms with E-state index in [2.05, 4.69) is 0 Å². The summed E-state index contributed by atoms with van der Waals surface area (Å²) in [6.07, 6.45) is 1.15.